The summed E-state index contributed by atoms with van der Waals surface area (Å²) in [6.07, 6.45) is 0.895. The number of rotatable bonds is 7. The summed E-state index contributed by atoms with van der Waals surface area (Å²) >= 11 is 0. The third-order valence-electron chi connectivity index (χ3n) is 5.20. The SMILES string of the molecule is CCCN(Cc1ccc(C#N)cc1)C(=O)[C@@H](C)c1ccc2cc(OC)ccc2c1. The molecule has 0 fully saturated rings. The quantitative estimate of drug-likeness (QED) is 0.556. The Bertz CT molecular complexity index is 1030. The van der Waals surface area contributed by atoms with E-state index in [0.717, 1.165) is 34.1 Å². The number of fused-ring (bicyclic) bond motifs is 1. The third-order valence-corrected chi connectivity index (χ3v) is 5.20. The van der Waals surface area contributed by atoms with Crippen LogP contribution in [0.15, 0.2) is 60.7 Å². The molecule has 0 aliphatic rings. The standard InChI is InChI=1S/C25H26N2O2/c1-4-13-27(17-20-7-5-19(16-26)6-8-20)25(28)18(2)21-9-10-23-15-24(29-3)12-11-22(23)14-21/h5-12,14-15,18H,4,13,17H2,1-3H3/t18-/m0/s1. The Kier molecular flexibility index (Phi) is 6.51. The van der Waals surface area contributed by atoms with Crippen LogP contribution in [0.2, 0.25) is 0 Å². The van der Waals surface area contributed by atoms with E-state index in [0.29, 0.717) is 18.7 Å². The number of amides is 1. The normalized spacial score (nSPS) is 11.7. The van der Waals surface area contributed by atoms with Crippen molar-refractivity contribution < 1.29 is 9.53 Å². The first-order chi connectivity index (χ1) is 14.0. The maximum atomic E-state index is 13.3. The molecule has 0 aromatic heterocycles. The van der Waals surface area contributed by atoms with Crippen LogP contribution in [-0.2, 0) is 11.3 Å². The Hall–Kier alpha value is -3.32. The minimum Gasteiger partial charge on any atom is -0.497 e. The fourth-order valence-electron chi connectivity index (χ4n) is 3.50. The molecular weight excluding hydrogens is 360 g/mol. The molecule has 4 heteroatoms. The molecule has 0 saturated heterocycles. The van der Waals surface area contributed by atoms with Gasteiger partial charge in [0.05, 0.1) is 24.7 Å². The van der Waals surface area contributed by atoms with E-state index in [1.54, 1.807) is 19.2 Å². The monoisotopic (exact) mass is 386 g/mol. The topological polar surface area (TPSA) is 53.3 Å². The maximum absolute atomic E-state index is 13.3. The molecule has 0 radical (unpaired) electrons. The van der Waals surface area contributed by atoms with Crippen LogP contribution in [0.3, 0.4) is 0 Å². The lowest BCUT2D eigenvalue weighted by molar-refractivity contribution is -0.133. The van der Waals surface area contributed by atoms with E-state index in [1.807, 2.05) is 54.3 Å². The molecule has 0 unspecified atom stereocenters. The molecule has 0 heterocycles. The van der Waals surface area contributed by atoms with Crippen LogP contribution in [0.4, 0.5) is 0 Å². The summed E-state index contributed by atoms with van der Waals surface area (Å²) in [5.74, 6) is 0.710. The molecule has 148 valence electrons. The van der Waals surface area contributed by atoms with Crippen molar-refractivity contribution in [1.29, 1.82) is 5.26 Å². The number of carbonyl (C=O) groups is 1. The van der Waals surface area contributed by atoms with Crippen LogP contribution in [0, 0.1) is 11.3 Å². The number of hydrogen-bond acceptors (Lipinski definition) is 3. The van der Waals surface area contributed by atoms with Gasteiger partial charge in [-0.1, -0.05) is 43.3 Å². The zero-order valence-corrected chi connectivity index (χ0v) is 17.2. The summed E-state index contributed by atoms with van der Waals surface area (Å²) in [5, 5.41) is 11.2. The van der Waals surface area contributed by atoms with Crippen LogP contribution in [0.1, 0.15) is 42.9 Å². The highest BCUT2D eigenvalue weighted by molar-refractivity contribution is 5.88. The highest BCUT2D eigenvalue weighted by atomic mass is 16.5. The van der Waals surface area contributed by atoms with Gasteiger partial charge in [0, 0.05) is 13.1 Å². The van der Waals surface area contributed by atoms with Crippen LogP contribution in [0.25, 0.3) is 10.8 Å². The molecular formula is C25H26N2O2. The Labute approximate surface area is 172 Å². The summed E-state index contributed by atoms with van der Waals surface area (Å²) in [5.41, 5.74) is 2.67. The predicted octanol–water partition coefficient (Wildman–Crippen LogP) is 5.26. The van der Waals surface area contributed by atoms with Gasteiger partial charge in [-0.3, -0.25) is 4.79 Å². The van der Waals surface area contributed by atoms with Gasteiger partial charge < -0.3 is 9.64 Å². The van der Waals surface area contributed by atoms with Crippen LogP contribution < -0.4 is 4.74 Å². The van der Waals surface area contributed by atoms with Crippen LogP contribution in [-0.4, -0.2) is 24.5 Å². The second kappa shape index (κ2) is 9.25. The van der Waals surface area contributed by atoms with E-state index in [2.05, 4.69) is 19.1 Å². The molecule has 0 aliphatic heterocycles. The Morgan fingerprint density at radius 1 is 1.07 bits per heavy atom. The van der Waals surface area contributed by atoms with Crippen molar-refractivity contribution in [3.05, 3.63) is 77.4 Å². The van der Waals surface area contributed by atoms with E-state index in [-0.39, 0.29) is 11.8 Å². The number of ether oxygens (including phenoxy) is 1. The molecule has 0 spiro atoms. The first-order valence-electron chi connectivity index (χ1n) is 9.91. The summed E-state index contributed by atoms with van der Waals surface area (Å²) in [6, 6.07) is 21.7. The molecule has 4 nitrogen and oxygen atoms in total. The van der Waals surface area contributed by atoms with Crippen LogP contribution in [0.5, 0.6) is 5.75 Å². The highest BCUT2D eigenvalue weighted by Gasteiger charge is 2.22. The van der Waals surface area contributed by atoms with Gasteiger partial charge in [-0.2, -0.15) is 5.26 Å². The average molecular weight is 386 g/mol. The maximum Gasteiger partial charge on any atom is 0.230 e. The first-order valence-corrected chi connectivity index (χ1v) is 9.91. The highest BCUT2D eigenvalue weighted by Crippen LogP contribution is 2.26. The summed E-state index contributed by atoms with van der Waals surface area (Å²) in [7, 11) is 1.66. The lowest BCUT2D eigenvalue weighted by Gasteiger charge is -2.26. The Balaban J connectivity index is 1.81. The fraction of sp³-hybridized carbons (Fsp3) is 0.280. The largest absolute Gasteiger partial charge is 0.497 e. The summed E-state index contributed by atoms with van der Waals surface area (Å²) in [4.78, 5) is 15.2. The van der Waals surface area contributed by atoms with E-state index >= 15 is 0 Å². The molecule has 1 atom stereocenters. The van der Waals surface area contributed by atoms with E-state index < -0.39 is 0 Å². The minimum atomic E-state index is -0.230. The van der Waals surface area contributed by atoms with Crippen molar-refractivity contribution in [1.82, 2.24) is 4.90 Å². The zero-order valence-electron chi connectivity index (χ0n) is 17.2. The lowest BCUT2D eigenvalue weighted by Crippen LogP contribution is -2.34. The van der Waals surface area contributed by atoms with Crippen molar-refractivity contribution in [2.45, 2.75) is 32.7 Å². The van der Waals surface area contributed by atoms with Crippen molar-refractivity contribution in [3.8, 4) is 11.8 Å². The van der Waals surface area contributed by atoms with Gasteiger partial charge >= 0.3 is 0 Å². The molecule has 0 bridgehead atoms. The van der Waals surface area contributed by atoms with Gasteiger partial charge in [-0.05, 0) is 59.5 Å². The zero-order chi connectivity index (χ0) is 20.8. The van der Waals surface area contributed by atoms with Gasteiger partial charge in [-0.15, -0.1) is 0 Å². The van der Waals surface area contributed by atoms with Crippen LogP contribution >= 0.6 is 0 Å². The van der Waals surface area contributed by atoms with Gasteiger partial charge in [0.2, 0.25) is 5.91 Å². The van der Waals surface area contributed by atoms with E-state index in [1.165, 1.54) is 0 Å². The number of benzene rings is 3. The first kappa shape index (κ1) is 20.4. The fourth-order valence-corrected chi connectivity index (χ4v) is 3.50. The molecule has 3 rings (SSSR count). The molecule has 3 aromatic rings. The minimum absolute atomic E-state index is 0.115. The van der Waals surface area contributed by atoms with Crippen molar-refractivity contribution in [2.75, 3.05) is 13.7 Å². The van der Waals surface area contributed by atoms with Crippen molar-refractivity contribution in [3.63, 3.8) is 0 Å². The number of nitrogens with zero attached hydrogens (tertiary/aromatic N) is 2. The van der Waals surface area contributed by atoms with E-state index in [4.69, 9.17) is 10.00 Å². The number of nitriles is 1. The third kappa shape index (κ3) is 4.75. The average Bonchev–Trinajstić information content (AvgIpc) is 2.77. The molecule has 0 N–H and O–H groups in total. The molecule has 0 saturated carbocycles. The second-order valence-electron chi connectivity index (χ2n) is 7.26. The number of hydrogen-bond donors (Lipinski definition) is 0. The van der Waals surface area contributed by atoms with Gasteiger partial charge in [0.15, 0.2) is 0 Å². The summed E-state index contributed by atoms with van der Waals surface area (Å²) < 4.78 is 5.29. The predicted molar refractivity (Wildman–Crippen MR) is 116 cm³/mol. The van der Waals surface area contributed by atoms with Gasteiger partial charge in [0.25, 0.3) is 0 Å². The van der Waals surface area contributed by atoms with Gasteiger partial charge in [0.1, 0.15) is 5.75 Å². The Morgan fingerprint density at radius 3 is 2.41 bits per heavy atom. The van der Waals surface area contributed by atoms with Gasteiger partial charge in [-0.25, -0.2) is 0 Å². The molecule has 29 heavy (non-hydrogen) atoms. The lowest BCUT2D eigenvalue weighted by atomic mass is 9.96. The van der Waals surface area contributed by atoms with E-state index in [9.17, 15) is 4.79 Å². The van der Waals surface area contributed by atoms with Crippen molar-refractivity contribution >= 4 is 16.7 Å². The smallest absolute Gasteiger partial charge is 0.230 e. The second-order valence-corrected chi connectivity index (χ2v) is 7.26. The molecule has 1 amide bonds. The van der Waals surface area contributed by atoms with Crippen molar-refractivity contribution in [2.24, 2.45) is 0 Å². The Morgan fingerprint density at radius 2 is 1.76 bits per heavy atom. The molecule has 3 aromatic carbocycles. The number of carbonyl (C=O) groups excluding carboxylic acids is 1. The molecule has 0 aliphatic carbocycles. The summed E-state index contributed by atoms with van der Waals surface area (Å²) in [6.45, 7) is 5.29. The number of methoxy groups -OCH3 is 1.